The minimum Gasteiger partial charge on any atom is -0.350 e. The second kappa shape index (κ2) is 6.54. The Morgan fingerprint density at radius 1 is 1.44 bits per heavy atom. The summed E-state index contributed by atoms with van der Waals surface area (Å²) in [7, 11) is 0. The van der Waals surface area contributed by atoms with Gasteiger partial charge in [0, 0.05) is 11.4 Å². The fraction of sp³-hybridized carbons (Fsp3) is 0.462. The summed E-state index contributed by atoms with van der Waals surface area (Å²) >= 11 is 6.06. The van der Waals surface area contributed by atoms with Crippen molar-refractivity contribution in [2.24, 2.45) is 0 Å². The number of hydrogen-bond acceptors (Lipinski definition) is 1. The molecule has 1 aromatic carbocycles. The van der Waals surface area contributed by atoms with E-state index in [4.69, 9.17) is 11.6 Å². The van der Waals surface area contributed by atoms with E-state index in [1.807, 2.05) is 31.2 Å². The summed E-state index contributed by atoms with van der Waals surface area (Å²) in [6.07, 6.45) is 2.56. The highest BCUT2D eigenvalue weighted by molar-refractivity contribution is 6.31. The summed E-state index contributed by atoms with van der Waals surface area (Å²) in [5.41, 5.74) is 0.967. The van der Waals surface area contributed by atoms with Gasteiger partial charge in [-0.15, -0.1) is 0 Å². The van der Waals surface area contributed by atoms with Crippen molar-refractivity contribution in [1.29, 1.82) is 0 Å². The van der Waals surface area contributed by atoms with Crippen LogP contribution in [0.3, 0.4) is 0 Å². The van der Waals surface area contributed by atoms with Gasteiger partial charge in [-0.2, -0.15) is 0 Å². The van der Waals surface area contributed by atoms with Crippen molar-refractivity contribution >= 4 is 17.5 Å². The number of rotatable bonds is 5. The molecule has 1 amide bonds. The lowest BCUT2D eigenvalue weighted by molar-refractivity contribution is -0.121. The van der Waals surface area contributed by atoms with E-state index in [0.717, 1.165) is 18.4 Å². The molecule has 0 bridgehead atoms. The van der Waals surface area contributed by atoms with Crippen molar-refractivity contribution in [3.05, 3.63) is 34.9 Å². The highest BCUT2D eigenvalue weighted by atomic mass is 35.5. The maximum atomic E-state index is 11.5. The number of unbranched alkanes of at least 4 members (excludes halogenated alkanes) is 1. The first-order valence-electron chi connectivity index (χ1n) is 5.69. The number of amides is 1. The second-order valence-electron chi connectivity index (χ2n) is 3.91. The lowest BCUT2D eigenvalue weighted by Crippen LogP contribution is -2.26. The zero-order valence-corrected chi connectivity index (χ0v) is 10.6. The monoisotopic (exact) mass is 239 g/mol. The van der Waals surface area contributed by atoms with Crippen LogP contribution in [0.15, 0.2) is 24.3 Å². The van der Waals surface area contributed by atoms with Gasteiger partial charge in [0.2, 0.25) is 5.91 Å². The van der Waals surface area contributed by atoms with Gasteiger partial charge in [0.1, 0.15) is 0 Å². The third-order valence-electron chi connectivity index (χ3n) is 2.51. The summed E-state index contributed by atoms with van der Waals surface area (Å²) in [6.45, 7) is 4.02. The maximum absolute atomic E-state index is 11.5. The summed E-state index contributed by atoms with van der Waals surface area (Å²) in [5, 5.41) is 3.65. The second-order valence-corrected chi connectivity index (χ2v) is 4.32. The van der Waals surface area contributed by atoms with E-state index < -0.39 is 0 Å². The van der Waals surface area contributed by atoms with E-state index in [1.165, 1.54) is 0 Å². The van der Waals surface area contributed by atoms with Crippen molar-refractivity contribution in [2.75, 3.05) is 0 Å². The molecule has 1 N–H and O–H groups in total. The maximum Gasteiger partial charge on any atom is 0.220 e. The molecule has 1 rings (SSSR count). The van der Waals surface area contributed by atoms with Crippen LogP contribution in [-0.4, -0.2) is 5.91 Å². The van der Waals surface area contributed by atoms with Crippen LogP contribution >= 0.6 is 11.6 Å². The van der Waals surface area contributed by atoms with E-state index in [-0.39, 0.29) is 11.9 Å². The Hall–Kier alpha value is -1.02. The Kier molecular flexibility index (Phi) is 5.33. The molecule has 0 aliphatic carbocycles. The van der Waals surface area contributed by atoms with Gasteiger partial charge >= 0.3 is 0 Å². The number of hydrogen-bond donors (Lipinski definition) is 1. The molecular weight excluding hydrogens is 222 g/mol. The van der Waals surface area contributed by atoms with Gasteiger partial charge in [-0.05, 0) is 25.0 Å². The first-order chi connectivity index (χ1) is 7.65. The quantitative estimate of drug-likeness (QED) is 0.834. The normalized spacial score (nSPS) is 12.2. The summed E-state index contributed by atoms with van der Waals surface area (Å²) < 4.78 is 0. The SMILES string of the molecule is CCCCC(=O)N[C@H](C)c1ccccc1Cl. The molecule has 0 spiro atoms. The molecular formula is C13H18ClNO. The molecule has 0 saturated carbocycles. The zero-order valence-electron chi connectivity index (χ0n) is 9.79. The van der Waals surface area contributed by atoms with E-state index in [1.54, 1.807) is 0 Å². The van der Waals surface area contributed by atoms with Gasteiger partial charge in [0.05, 0.1) is 6.04 Å². The van der Waals surface area contributed by atoms with E-state index in [9.17, 15) is 4.79 Å². The highest BCUT2D eigenvalue weighted by Crippen LogP contribution is 2.22. The van der Waals surface area contributed by atoms with E-state index in [0.29, 0.717) is 11.4 Å². The molecule has 0 radical (unpaired) electrons. The van der Waals surface area contributed by atoms with Crippen LogP contribution in [0.4, 0.5) is 0 Å². The lowest BCUT2D eigenvalue weighted by Gasteiger charge is -2.15. The largest absolute Gasteiger partial charge is 0.350 e. The molecule has 0 heterocycles. The fourth-order valence-electron chi connectivity index (χ4n) is 1.56. The molecule has 2 nitrogen and oxygen atoms in total. The standard InChI is InChI=1S/C13H18ClNO/c1-3-4-9-13(16)15-10(2)11-7-5-6-8-12(11)14/h5-8,10H,3-4,9H2,1-2H3,(H,15,16)/t10-/m1/s1. The third kappa shape index (κ3) is 3.86. The minimum atomic E-state index is -0.0296. The van der Waals surface area contributed by atoms with Gasteiger partial charge in [-0.25, -0.2) is 0 Å². The smallest absolute Gasteiger partial charge is 0.220 e. The van der Waals surface area contributed by atoms with Crippen molar-refractivity contribution < 1.29 is 4.79 Å². The summed E-state index contributed by atoms with van der Waals surface area (Å²) in [4.78, 5) is 11.5. The lowest BCUT2D eigenvalue weighted by atomic mass is 10.1. The number of carbonyl (C=O) groups is 1. The predicted octanol–water partition coefficient (Wildman–Crippen LogP) is 3.71. The zero-order chi connectivity index (χ0) is 12.0. The molecule has 0 unspecified atom stereocenters. The van der Waals surface area contributed by atoms with Crippen molar-refractivity contribution in [1.82, 2.24) is 5.32 Å². The first kappa shape index (κ1) is 13.0. The molecule has 1 atom stereocenters. The third-order valence-corrected chi connectivity index (χ3v) is 2.85. The number of carbonyl (C=O) groups excluding carboxylic acids is 1. The summed E-state index contributed by atoms with van der Waals surface area (Å²) in [5.74, 6) is 0.0919. The van der Waals surface area contributed by atoms with Gasteiger partial charge in [-0.1, -0.05) is 43.1 Å². The molecule has 0 fully saturated rings. The Labute approximate surface area is 102 Å². The van der Waals surface area contributed by atoms with E-state index in [2.05, 4.69) is 12.2 Å². The van der Waals surface area contributed by atoms with Crippen LogP contribution in [0.1, 0.15) is 44.7 Å². The Morgan fingerprint density at radius 2 is 2.12 bits per heavy atom. The van der Waals surface area contributed by atoms with Crippen molar-refractivity contribution in [3.8, 4) is 0 Å². The van der Waals surface area contributed by atoms with Crippen LogP contribution in [-0.2, 0) is 4.79 Å². The average Bonchev–Trinajstić information content (AvgIpc) is 2.26. The van der Waals surface area contributed by atoms with Gasteiger partial charge in [0.15, 0.2) is 0 Å². The van der Waals surface area contributed by atoms with Crippen LogP contribution < -0.4 is 5.32 Å². The summed E-state index contributed by atoms with van der Waals surface area (Å²) in [6, 6.07) is 7.56. The Bertz CT molecular complexity index is 352. The van der Waals surface area contributed by atoms with Crippen LogP contribution in [0, 0.1) is 0 Å². The predicted molar refractivity (Wildman–Crippen MR) is 67.5 cm³/mol. The Balaban J connectivity index is 2.55. The molecule has 88 valence electrons. The Morgan fingerprint density at radius 3 is 2.75 bits per heavy atom. The average molecular weight is 240 g/mol. The number of halogens is 1. The molecule has 1 aromatic rings. The topological polar surface area (TPSA) is 29.1 Å². The van der Waals surface area contributed by atoms with Gasteiger partial charge in [0.25, 0.3) is 0 Å². The minimum absolute atomic E-state index is 0.0296. The van der Waals surface area contributed by atoms with Crippen LogP contribution in [0.2, 0.25) is 5.02 Å². The molecule has 0 aliphatic rings. The fourth-order valence-corrected chi connectivity index (χ4v) is 1.85. The van der Waals surface area contributed by atoms with Crippen LogP contribution in [0.25, 0.3) is 0 Å². The number of benzene rings is 1. The highest BCUT2D eigenvalue weighted by Gasteiger charge is 2.11. The van der Waals surface area contributed by atoms with Gasteiger partial charge in [-0.3, -0.25) is 4.79 Å². The number of nitrogens with one attached hydrogen (secondary N) is 1. The molecule has 0 saturated heterocycles. The first-order valence-corrected chi connectivity index (χ1v) is 6.06. The molecule has 16 heavy (non-hydrogen) atoms. The van der Waals surface area contributed by atoms with Gasteiger partial charge < -0.3 is 5.32 Å². The van der Waals surface area contributed by atoms with Crippen molar-refractivity contribution in [2.45, 2.75) is 39.2 Å². The molecule has 3 heteroatoms. The molecule has 0 aromatic heterocycles. The van der Waals surface area contributed by atoms with Crippen molar-refractivity contribution in [3.63, 3.8) is 0 Å². The van der Waals surface area contributed by atoms with E-state index >= 15 is 0 Å². The molecule has 0 aliphatic heterocycles. The van der Waals surface area contributed by atoms with Crippen LogP contribution in [0.5, 0.6) is 0 Å².